The Balaban J connectivity index is 2.46. The zero-order valence-corrected chi connectivity index (χ0v) is 14.8. The molecule has 0 aliphatic rings. The molecule has 0 fully saturated rings. The standard InChI is InChI=1S/C17H29N3O3/c1-6-10-20(16(22)23-17(3,4)5)11-9-18-12-14-15(21)8-7-13(2)19-14/h7-8,18,21H,6,9-12H2,1-5H3. The number of hydrogen-bond donors (Lipinski definition) is 2. The SMILES string of the molecule is CCCN(CCNCc1nc(C)ccc1O)C(=O)OC(C)(C)C. The molecule has 1 aromatic rings. The molecule has 0 aliphatic heterocycles. The molecule has 0 spiro atoms. The van der Waals surface area contributed by atoms with E-state index in [1.807, 2.05) is 34.6 Å². The first-order valence-corrected chi connectivity index (χ1v) is 8.07. The largest absolute Gasteiger partial charge is 0.506 e. The van der Waals surface area contributed by atoms with Gasteiger partial charge in [0.25, 0.3) is 0 Å². The van der Waals surface area contributed by atoms with Gasteiger partial charge in [-0.05, 0) is 46.2 Å². The predicted octanol–water partition coefficient (Wildman–Crippen LogP) is 2.83. The molecule has 0 atom stereocenters. The molecule has 23 heavy (non-hydrogen) atoms. The summed E-state index contributed by atoms with van der Waals surface area (Å²) in [6, 6.07) is 3.41. The Morgan fingerprint density at radius 2 is 2.04 bits per heavy atom. The summed E-state index contributed by atoms with van der Waals surface area (Å²) in [7, 11) is 0. The van der Waals surface area contributed by atoms with Gasteiger partial charge in [-0.15, -0.1) is 0 Å². The number of nitrogens with one attached hydrogen (secondary N) is 1. The lowest BCUT2D eigenvalue weighted by Gasteiger charge is -2.27. The highest BCUT2D eigenvalue weighted by Gasteiger charge is 2.21. The quantitative estimate of drug-likeness (QED) is 0.755. The van der Waals surface area contributed by atoms with E-state index >= 15 is 0 Å². The van der Waals surface area contributed by atoms with Gasteiger partial charge in [-0.25, -0.2) is 4.79 Å². The van der Waals surface area contributed by atoms with Gasteiger partial charge < -0.3 is 20.1 Å². The Labute approximate surface area is 138 Å². The number of aromatic nitrogens is 1. The van der Waals surface area contributed by atoms with E-state index in [0.717, 1.165) is 12.1 Å². The summed E-state index contributed by atoms with van der Waals surface area (Å²) in [5.74, 6) is 0.181. The minimum Gasteiger partial charge on any atom is -0.506 e. The molecule has 0 bridgehead atoms. The molecule has 0 radical (unpaired) electrons. The molecule has 0 aromatic carbocycles. The lowest BCUT2D eigenvalue weighted by Crippen LogP contribution is -2.40. The van der Waals surface area contributed by atoms with Crippen LogP contribution in [0.1, 0.15) is 45.5 Å². The predicted molar refractivity (Wildman–Crippen MR) is 90.4 cm³/mol. The van der Waals surface area contributed by atoms with Crippen molar-refractivity contribution in [2.24, 2.45) is 0 Å². The van der Waals surface area contributed by atoms with Crippen LogP contribution in [0.4, 0.5) is 4.79 Å². The number of pyridine rings is 1. The fourth-order valence-electron chi connectivity index (χ4n) is 2.04. The number of carbonyl (C=O) groups excluding carboxylic acids is 1. The third-order valence-corrected chi connectivity index (χ3v) is 3.09. The average Bonchev–Trinajstić information content (AvgIpc) is 2.43. The molecular formula is C17H29N3O3. The molecule has 0 saturated heterocycles. The van der Waals surface area contributed by atoms with Gasteiger partial charge in [0.05, 0.1) is 5.69 Å². The lowest BCUT2D eigenvalue weighted by atomic mass is 10.2. The number of hydrogen-bond acceptors (Lipinski definition) is 5. The molecule has 130 valence electrons. The highest BCUT2D eigenvalue weighted by Crippen LogP contribution is 2.14. The van der Waals surface area contributed by atoms with Crippen LogP contribution in [0.15, 0.2) is 12.1 Å². The van der Waals surface area contributed by atoms with Crippen LogP contribution in [0.2, 0.25) is 0 Å². The third-order valence-electron chi connectivity index (χ3n) is 3.09. The first-order chi connectivity index (χ1) is 10.7. The maximum atomic E-state index is 12.1. The van der Waals surface area contributed by atoms with E-state index in [4.69, 9.17) is 4.74 Å². The summed E-state index contributed by atoms with van der Waals surface area (Å²) >= 11 is 0. The average molecular weight is 323 g/mol. The van der Waals surface area contributed by atoms with Crippen LogP contribution < -0.4 is 5.32 Å². The van der Waals surface area contributed by atoms with Crippen molar-refractivity contribution in [1.82, 2.24) is 15.2 Å². The van der Waals surface area contributed by atoms with Gasteiger partial charge in [0.15, 0.2) is 0 Å². The van der Waals surface area contributed by atoms with Crippen molar-refractivity contribution in [2.45, 2.75) is 53.2 Å². The third kappa shape index (κ3) is 7.32. The minimum atomic E-state index is -0.492. The Morgan fingerprint density at radius 3 is 2.65 bits per heavy atom. The van der Waals surface area contributed by atoms with E-state index in [1.54, 1.807) is 17.0 Å². The van der Waals surface area contributed by atoms with Crippen molar-refractivity contribution in [1.29, 1.82) is 0 Å². The minimum absolute atomic E-state index is 0.181. The van der Waals surface area contributed by atoms with Gasteiger partial charge >= 0.3 is 6.09 Å². The maximum Gasteiger partial charge on any atom is 0.410 e. The van der Waals surface area contributed by atoms with Crippen LogP contribution in [0, 0.1) is 6.92 Å². The van der Waals surface area contributed by atoms with Crippen LogP contribution in [0.25, 0.3) is 0 Å². The van der Waals surface area contributed by atoms with E-state index in [0.29, 0.717) is 31.9 Å². The molecule has 6 nitrogen and oxygen atoms in total. The van der Waals surface area contributed by atoms with Crippen molar-refractivity contribution in [3.8, 4) is 5.75 Å². The Morgan fingerprint density at radius 1 is 1.35 bits per heavy atom. The zero-order chi connectivity index (χ0) is 17.5. The van der Waals surface area contributed by atoms with E-state index in [2.05, 4.69) is 10.3 Å². The molecule has 0 saturated carbocycles. The van der Waals surface area contributed by atoms with Crippen LogP contribution in [-0.4, -0.2) is 46.3 Å². The Bertz CT molecular complexity index is 512. The van der Waals surface area contributed by atoms with Gasteiger partial charge in [0, 0.05) is 31.9 Å². The second-order valence-corrected chi connectivity index (χ2v) is 6.56. The second kappa shape index (κ2) is 8.72. The van der Waals surface area contributed by atoms with E-state index in [1.165, 1.54) is 0 Å². The molecule has 1 aromatic heterocycles. The van der Waals surface area contributed by atoms with Crippen molar-refractivity contribution in [3.63, 3.8) is 0 Å². The summed E-state index contributed by atoms with van der Waals surface area (Å²) < 4.78 is 5.41. The number of amides is 1. The van der Waals surface area contributed by atoms with Gasteiger partial charge in [-0.3, -0.25) is 4.98 Å². The second-order valence-electron chi connectivity index (χ2n) is 6.56. The summed E-state index contributed by atoms with van der Waals surface area (Å²) in [4.78, 5) is 18.1. The van der Waals surface area contributed by atoms with Crippen LogP contribution in [0.3, 0.4) is 0 Å². The van der Waals surface area contributed by atoms with Crippen LogP contribution in [0.5, 0.6) is 5.75 Å². The molecule has 1 rings (SSSR count). The molecule has 2 N–H and O–H groups in total. The first kappa shape index (κ1) is 19.2. The monoisotopic (exact) mass is 323 g/mol. The molecule has 0 aliphatic carbocycles. The summed E-state index contributed by atoms with van der Waals surface area (Å²) in [6.07, 6.45) is 0.581. The number of rotatable bonds is 7. The highest BCUT2D eigenvalue weighted by molar-refractivity contribution is 5.68. The van der Waals surface area contributed by atoms with Crippen molar-refractivity contribution < 1.29 is 14.6 Å². The number of aromatic hydroxyl groups is 1. The van der Waals surface area contributed by atoms with Gasteiger partial charge in [-0.1, -0.05) is 6.92 Å². The Hall–Kier alpha value is -1.82. The van der Waals surface area contributed by atoms with Gasteiger partial charge in [-0.2, -0.15) is 0 Å². The van der Waals surface area contributed by atoms with E-state index in [9.17, 15) is 9.90 Å². The van der Waals surface area contributed by atoms with E-state index < -0.39 is 5.60 Å². The number of nitrogens with zero attached hydrogens (tertiary/aromatic N) is 2. The molecule has 1 heterocycles. The summed E-state index contributed by atoms with van der Waals surface area (Å²) in [6.45, 7) is 11.8. The van der Waals surface area contributed by atoms with Crippen molar-refractivity contribution in [3.05, 3.63) is 23.5 Å². The van der Waals surface area contributed by atoms with Crippen LogP contribution in [-0.2, 0) is 11.3 Å². The number of ether oxygens (including phenoxy) is 1. The molecular weight excluding hydrogens is 294 g/mol. The molecule has 6 heteroatoms. The highest BCUT2D eigenvalue weighted by atomic mass is 16.6. The first-order valence-electron chi connectivity index (χ1n) is 8.07. The van der Waals surface area contributed by atoms with Gasteiger partial charge in [0.2, 0.25) is 0 Å². The number of aryl methyl sites for hydroxylation is 1. The maximum absolute atomic E-state index is 12.1. The fraction of sp³-hybridized carbons (Fsp3) is 0.647. The van der Waals surface area contributed by atoms with Crippen molar-refractivity contribution >= 4 is 6.09 Å². The van der Waals surface area contributed by atoms with E-state index in [-0.39, 0.29) is 11.8 Å². The fourth-order valence-corrected chi connectivity index (χ4v) is 2.04. The van der Waals surface area contributed by atoms with Crippen LogP contribution >= 0.6 is 0 Å². The molecule has 0 unspecified atom stereocenters. The smallest absolute Gasteiger partial charge is 0.410 e. The van der Waals surface area contributed by atoms with Crippen molar-refractivity contribution in [2.75, 3.05) is 19.6 Å². The topological polar surface area (TPSA) is 74.7 Å². The number of carbonyl (C=O) groups is 1. The summed E-state index contributed by atoms with van der Waals surface area (Å²) in [5, 5.41) is 13.0. The molecule has 1 amide bonds. The van der Waals surface area contributed by atoms with Gasteiger partial charge in [0.1, 0.15) is 11.4 Å². The Kier molecular flexibility index (Phi) is 7.29. The normalized spacial score (nSPS) is 11.3. The zero-order valence-electron chi connectivity index (χ0n) is 14.8. The summed E-state index contributed by atoms with van der Waals surface area (Å²) in [5.41, 5.74) is 0.985. The lowest BCUT2D eigenvalue weighted by molar-refractivity contribution is 0.0252.